The molecule has 0 saturated carbocycles. The van der Waals surface area contributed by atoms with Gasteiger partial charge in [-0.15, -0.1) is 0 Å². The van der Waals surface area contributed by atoms with E-state index in [-0.39, 0.29) is 17.9 Å². The van der Waals surface area contributed by atoms with E-state index in [1.165, 1.54) is 0 Å². The number of carbonyl (C=O) groups excluding carboxylic acids is 2. The van der Waals surface area contributed by atoms with Gasteiger partial charge in [-0.1, -0.05) is 41.4 Å². The van der Waals surface area contributed by atoms with Crippen molar-refractivity contribution in [2.75, 3.05) is 13.2 Å². The molecule has 2 amide bonds. The van der Waals surface area contributed by atoms with E-state index >= 15 is 0 Å². The van der Waals surface area contributed by atoms with Crippen molar-refractivity contribution in [1.29, 1.82) is 0 Å². The lowest BCUT2D eigenvalue weighted by molar-refractivity contribution is -0.121. The van der Waals surface area contributed by atoms with Crippen LogP contribution < -0.4 is 15.4 Å². The second-order valence-corrected chi connectivity index (χ2v) is 7.09. The number of para-hydroxylation sites is 1. The number of halogens is 2. The Labute approximate surface area is 175 Å². The third-order valence-electron chi connectivity index (χ3n) is 4.10. The molecule has 28 heavy (non-hydrogen) atoms. The fourth-order valence-electron chi connectivity index (χ4n) is 2.73. The highest BCUT2D eigenvalue weighted by atomic mass is 35.5. The van der Waals surface area contributed by atoms with Crippen LogP contribution in [0.1, 0.15) is 48.7 Å². The van der Waals surface area contributed by atoms with Crippen LogP contribution in [0.5, 0.6) is 5.75 Å². The Balaban J connectivity index is 1.77. The normalized spacial score (nSPS) is 11.6. The molecule has 0 aliphatic carbocycles. The number of hydrogen-bond donors (Lipinski definition) is 2. The van der Waals surface area contributed by atoms with Crippen LogP contribution >= 0.6 is 23.2 Å². The molecule has 1 unspecified atom stereocenters. The molecule has 0 spiro atoms. The number of rotatable bonds is 9. The maximum absolute atomic E-state index is 12.3. The minimum atomic E-state index is -0.232. The summed E-state index contributed by atoms with van der Waals surface area (Å²) in [6.07, 6.45) is 0.818. The van der Waals surface area contributed by atoms with E-state index in [4.69, 9.17) is 27.9 Å². The van der Waals surface area contributed by atoms with Crippen LogP contribution in [-0.2, 0) is 4.79 Å². The minimum absolute atomic E-state index is 0.109. The molecule has 0 heterocycles. The Hall–Kier alpha value is -2.24. The Morgan fingerprint density at radius 2 is 1.89 bits per heavy atom. The summed E-state index contributed by atoms with van der Waals surface area (Å²) in [6, 6.07) is 12.0. The van der Waals surface area contributed by atoms with Gasteiger partial charge in [-0.25, -0.2) is 0 Å². The molecule has 0 radical (unpaired) electrons. The van der Waals surface area contributed by atoms with Crippen molar-refractivity contribution in [2.24, 2.45) is 0 Å². The Bertz CT molecular complexity index is 827. The SMILES string of the molecule is CCOc1ccccc1C(=O)NCCCC(=O)NC(C)c1ccc(Cl)cc1Cl. The molecule has 1 atom stereocenters. The highest BCUT2D eigenvalue weighted by molar-refractivity contribution is 6.35. The van der Waals surface area contributed by atoms with Gasteiger partial charge in [0.25, 0.3) is 5.91 Å². The second-order valence-electron chi connectivity index (χ2n) is 6.24. The summed E-state index contributed by atoms with van der Waals surface area (Å²) in [4.78, 5) is 24.4. The number of hydrogen-bond acceptors (Lipinski definition) is 3. The highest BCUT2D eigenvalue weighted by Crippen LogP contribution is 2.26. The molecule has 150 valence electrons. The fraction of sp³-hybridized carbons (Fsp3) is 0.333. The average Bonchev–Trinajstić information content (AvgIpc) is 2.65. The van der Waals surface area contributed by atoms with Gasteiger partial charge in [0, 0.05) is 23.0 Å². The van der Waals surface area contributed by atoms with E-state index in [9.17, 15) is 9.59 Å². The predicted octanol–water partition coefficient (Wildman–Crippen LogP) is 4.78. The van der Waals surface area contributed by atoms with Gasteiger partial charge in [0.05, 0.1) is 18.2 Å². The summed E-state index contributed by atoms with van der Waals surface area (Å²) in [7, 11) is 0. The van der Waals surface area contributed by atoms with E-state index in [0.717, 1.165) is 5.56 Å². The third-order valence-corrected chi connectivity index (χ3v) is 4.67. The van der Waals surface area contributed by atoms with Gasteiger partial charge in [-0.3, -0.25) is 9.59 Å². The van der Waals surface area contributed by atoms with Crippen LogP contribution in [0.4, 0.5) is 0 Å². The zero-order valence-electron chi connectivity index (χ0n) is 15.9. The standard InChI is InChI=1S/C21H24Cl2N2O3/c1-3-28-19-8-5-4-7-17(19)21(27)24-12-6-9-20(26)25-14(2)16-11-10-15(22)13-18(16)23/h4-5,7-8,10-11,13-14H,3,6,9,12H2,1-2H3,(H,24,27)(H,25,26). The largest absolute Gasteiger partial charge is 0.493 e. The second kappa shape index (κ2) is 10.9. The zero-order valence-corrected chi connectivity index (χ0v) is 17.4. The number of carbonyl (C=O) groups is 2. The first-order chi connectivity index (χ1) is 13.4. The average molecular weight is 423 g/mol. The van der Waals surface area contributed by atoms with Crippen LogP contribution in [0.2, 0.25) is 10.0 Å². The molecular formula is C21H24Cl2N2O3. The molecular weight excluding hydrogens is 399 g/mol. The number of nitrogens with one attached hydrogen (secondary N) is 2. The monoisotopic (exact) mass is 422 g/mol. The van der Waals surface area contributed by atoms with Crippen LogP contribution in [0.25, 0.3) is 0 Å². The van der Waals surface area contributed by atoms with E-state index in [1.54, 1.807) is 36.4 Å². The smallest absolute Gasteiger partial charge is 0.255 e. The van der Waals surface area contributed by atoms with Crippen molar-refractivity contribution in [3.8, 4) is 5.75 Å². The summed E-state index contributed by atoms with van der Waals surface area (Å²) >= 11 is 12.1. The van der Waals surface area contributed by atoms with Gasteiger partial charge < -0.3 is 15.4 Å². The van der Waals surface area contributed by atoms with Crippen LogP contribution in [0, 0.1) is 0 Å². The van der Waals surface area contributed by atoms with Gasteiger partial charge in [-0.05, 0) is 50.1 Å². The maximum atomic E-state index is 12.3. The lowest BCUT2D eigenvalue weighted by Crippen LogP contribution is -2.29. The van der Waals surface area contributed by atoms with Crippen molar-refractivity contribution in [3.05, 3.63) is 63.6 Å². The van der Waals surface area contributed by atoms with Crippen molar-refractivity contribution >= 4 is 35.0 Å². The molecule has 2 aromatic carbocycles. The van der Waals surface area contributed by atoms with Gasteiger partial charge in [0.2, 0.25) is 5.91 Å². The minimum Gasteiger partial charge on any atom is -0.493 e. The third kappa shape index (κ3) is 6.43. The maximum Gasteiger partial charge on any atom is 0.255 e. The van der Waals surface area contributed by atoms with Crippen LogP contribution in [0.3, 0.4) is 0 Å². The zero-order chi connectivity index (χ0) is 20.5. The van der Waals surface area contributed by atoms with Gasteiger partial charge in [0.1, 0.15) is 5.75 Å². The van der Waals surface area contributed by atoms with E-state index in [2.05, 4.69) is 10.6 Å². The topological polar surface area (TPSA) is 67.4 Å². The molecule has 0 bridgehead atoms. The first-order valence-electron chi connectivity index (χ1n) is 9.16. The predicted molar refractivity (Wildman–Crippen MR) is 112 cm³/mol. The highest BCUT2D eigenvalue weighted by Gasteiger charge is 2.14. The molecule has 7 heteroatoms. The number of amides is 2. The molecule has 5 nitrogen and oxygen atoms in total. The lowest BCUT2D eigenvalue weighted by atomic mass is 10.1. The van der Waals surface area contributed by atoms with Gasteiger partial charge in [0.15, 0.2) is 0 Å². The van der Waals surface area contributed by atoms with Crippen molar-refractivity contribution in [2.45, 2.75) is 32.7 Å². The van der Waals surface area contributed by atoms with Crippen LogP contribution in [0.15, 0.2) is 42.5 Å². The Morgan fingerprint density at radius 3 is 2.61 bits per heavy atom. The molecule has 0 aliphatic heterocycles. The fourth-order valence-corrected chi connectivity index (χ4v) is 3.30. The summed E-state index contributed by atoms with van der Waals surface area (Å²) in [5.41, 5.74) is 1.29. The van der Waals surface area contributed by atoms with Crippen molar-refractivity contribution in [1.82, 2.24) is 10.6 Å². The van der Waals surface area contributed by atoms with Crippen molar-refractivity contribution < 1.29 is 14.3 Å². The molecule has 0 fully saturated rings. The summed E-state index contributed by atoms with van der Waals surface area (Å²) < 4.78 is 5.46. The molecule has 2 aromatic rings. The van der Waals surface area contributed by atoms with Crippen molar-refractivity contribution in [3.63, 3.8) is 0 Å². The molecule has 0 aliphatic rings. The lowest BCUT2D eigenvalue weighted by Gasteiger charge is -2.16. The Kier molecular flexibility index (Phi) is 8.61. The molecule has 0 saturated heterocycles. The van der Waals surface area contributed by atoms with Gasteiger partial charge >= 0.3 is 0 Å². The van der Waals surface area contributed by atoms with E-state index < -0.39 is 0 Å². The van der Waals surface area contributed by atoms with E-state index in [0.29, 0.717) is 47.4 Å². The molecule has 2 rings (SSSR count). The first kappa shape index (κ1) is 22.1. The van der Waals surface area contributed by atoms with Crippen LogP contribution in [-0.4, -0.2) is 25.0 Å². The Morgan fingerprint density at radius 1 is 1.14 bits per heavy atom. The number of ether oxygens (including phenoxy) is 1. The molecule has 0 aromatic heterocycles. The van der Waals surface area contributed by atoms with E-state index in [1.807, 2.05) is 19.9 Å². The molecule has 2 N–H and O–H groups in total. The first-order valence-corrected chi connectivity index (χ1v) is 9.92. The summed E-state index contributed by atoms with van der Waals surface area (Å²) in [5, 5.41) is 6.79. The van der Waals surface area contributed by atoms with Gasteiger partial charge in [-0.2, -0.15) is 0 Å². The summed E-state index contributed by atoms with van der Waals surface area (Å²) in [6.45, 7) is 4.61. The quantitative estimate of drug-likeness (QED) is 0.571. The summed E-state index contributed by atoms with van der Waals surface area (Å²) in [5.74, 6) is 0.224. The number of benzene rings is 2.